The van der Waals surface area contributed by atoms with Crippen molar-refractivity contribution in [2.75, 3.05) is 7.05 Å². The smallest absolute Gasteiger partial charge is 0.234 e. The van der Waals surface area contributed by atoms with E-state index in [2.05, 4.69) is 25.1 Å². The first-order valence-corrected chi connectivity index (χ1v) is 5.24. The summed E-state index contributed by atoms with van der Waals surface area (Å²) < 4.78 is 0. The predicted molar refractivity (Wildman–Crippen MR) is 58.5 cm³/mol. The van der Waals surface area contributed by atoms with E-state index in [0.29, 0.717) is 0 Å². The average molecular weight is 199 g/mol. The number of carbonyl (C=O) groups excluding carboxylic acids is 1. The zero-order chi connectivity index (χ0) is 10.6. The molecule has 76 valence electrons. The van der Waals surface area contributed by atoms with Gasteiger partial charge in [-0.3, -0.25) is 4.79 Å². The van der Waals surface area contributed by atoms with E-state index in [9.17, 15) is 4.79 Å². The number of fused-ring (bicyclic) bond motifs is 1. The maximum Gasteiger partial charge on any atom is 0.234 e. The first-order valence-electron chi connectivity index (χ1n) is 5.24. The Kier molecular flexibility index (Phi) is 1.58. The van der Waals surface area contributed by atoms with Crippen LogP contribution in [0, 0.1) is 0 Å². The minimum absolute atomic E-state index is 0.0313. The van der Waals surface area contributed by atoms with Crippen molar-refractivity contribution in [3.63, 3.8) is 0 Å². The SMILES string of the molecule is CC1=C[C@@H]2c3ccccc3C1C(=O)N2C. The molecule has 0 fully saturated rings. The minimum Gasteiger partial charge on any atom is -0.334 e. The fraction of sp³-hybridized carbons (Fsp3) is 0.308. The molecule has 1 unspecified atom stereocenters. The Labute approximate surface area is 89.2 Å². The van der Waals surface area contributed by atoms with E-state index in [-0.39, 0.29) is 17.9 Å². The van der Waals surface area contributed by atoms with E-state index < -0.39 is 0 Å². The number of likely N-dealkylation sites (N-methyl/N-ethyl adjacent to an activating group) is 1. The summed E-state index contributed by atoms with van der Waals surface area (Å²) in [6.07, 6.45) is 2.20. The quantitative estimate of drug-likeness (QED) is 0.587. The van der Waals surface area contributed by atoms with Crippen molar-refractivity contribution in [1.29, 1.82) is 0 Å². The molecule has 0 N–H and O–H groups in total. The first kappa shape index (κ1) is 8.72. The third-order valence-corrected chi connectivity index (χ3v) is 3.51. The van der Waals surface area contributed by atoms with Crippen molar-refractivity contribution in [3.05, 3.63) is 47.0 Å². The molecule has 1 aromatic rings. The van der Waals surface area contributed by atoms with Crippen LogP contribution in [0.15, 0.2) is 35.9 Å². The fourth-order valence-corrected chi connectivity index (χ4v) is 2.71. The molecular formula is C13H13NO. The summed E-state index contributed by atoms with van der Waals surface area (Å²) in [4.78, 5) is 13.9. The van der Waals surface area contributed by atoms with Crippen LogP contribution in [0.3, 0.4) is 0 Å². The molecule has 2 atom stereocenters. The van der Waals surface area contributed by atoms with Gasteiger partial charge in [-0.1, -0.05) is 35.9 Å². The molecule has 2 heteroatoms. The Hall–Kier alpha value is -1.57. The van der Waals surface area contributed by atoms with Crippen LogP contribution in [0.25, 0.3) is 0 Å². The van der Waals surface area contributed by atoms with Gasteiger partial charge in [0.2, 0.25) is 5.91 Å². The van der Waals surface area contributed by atoms with E-state index >= 15 is 0 Å². The molecular weight excluding hydrogens is 186 g/mol. The third kappa shape index (κ3) is 0.965. The molecule has 1 aromatic carbocycles. The molecule has 0 saturated heterocycles. The van der Waals surface area contributed by atoms with Crippen LogP contribution in [-0.4, -0.2) is 17.9 Å². The summed E-state index contributed by atoms with van der Waals surface area (Å²) in [5, 5.41) is 0. The molecule has 2 bridgehead atoms. The Bertz CT molecular complexity index is 475. The Morgan fingerprint density at radius 2 is 1.87 bits per heavy atom. The van der Waals surface area contributed by atoms with Crippen molar-refractivity contribution in [1.82, 2.24) is 4.90 Å². The highest BCUT2D eigenvalue weighted by Gasteiger charge is 2.41. The number of rotatable bonds is 0. The molecule has 2 heterocycles. The number of carbonyl (C=O) groups is 1. The zero-order valence-corrected chi connectivity index (χ0v) is 8.90. The van der Waals surface area contributed by atoms with Crippen LogP contribution < -0.4 is 0 Å². The van der Waals surface area contributed by atoms with Crippen LogP contribution in [0.1, 0.15) is 30.0 Å². The lowest BCUT2D eigenvalue weighted by Gasteiger charge is -2.42. The Morgan fingerprint density at radius 3 is 2.60 bits per heavy atom. The lowest BCUT2D eigenvalue weighted by molar-refractivity contribution is -0.133. The van der Waals surface area contributed by atoms with E-state index in [0.717, 1.165) is 0 Å². The molecule has 3 aliphatic rings. The van der Waals surface area contributed by atoms with Crippen LogP contribution in [0.4, 0.5) is 0 Å². The van der Waals surface area contributed by atoms with Gasteiger partial charge in [0.15, 0.2) is 0 Å². The van der Waals surface area contributed by atoms with Crippen LogP contribution >= 0.6 is 0 Å². The van der Waals surface area contributed by atoms with Crippen molar-refractivity contribution < 1.29 is 4.79 Å². The van der Waals surface area contributed by atoms with Gasteiger partial charge in [0.1, 0.15) is 0 Å². The molecule has 0 spiro atoms. The molecule has 15 heavy (non-hydrogen) atoms. The number of nitrogens with zero attached hydrogens (tertiary/aromatic N) is 1. The molecule has 1 amide bonds. The number of hydrogen-bond donors (Lipinski definition) is 0. The predicted octanol–water partition coefficient (Wildman–Crippen LogP) is 2.24. The maximum absolute atomic E-state index is 12.0. The van der Waals surface area contributed by atoms with E-state index in [1.54, 1.807) is 0 Å². The van der Waals surface area contributed by atoms with Crippen molar-refractivity contribution in [3.8, 4) is 0 Å². The van der Waals surface area contributed by atoms with Gasteiger partial charge >= 0.3 is 0 Å². The topological polar surface area (TPSA) is 20.3 Å². The van der Waals surface area contributed by atoms with Crippen LogP contribution in [-0.2, 0) is 4.79 Å². The van der Waals surface area contributed by atoms with E-state index in [1.807, 2.05) is 24.1 Å². The van der Waals surface area contributed by atoms with Gasteiger partial charge in [-0.05, 0) is 18.1 Å². The van der Waals surface area contributed by atoms with Crippen molar-refractivity contribution in [2.45, 2.75) is 18.9 Å². The monoisotopic (exact) mass is 199 g/mol. The third-order valence-electron chi connectivity index (χ3n) is 3.51. The Morgan fingerprint density at radius 1 is 1.20 bits per heavy atom. The second-order valence-corrected chi connectivity index (χ2v) is 4.37. The van der Waals surface area contributed by atoms with Gasteiger partial charge in [-0.15, -0.1) is 0 Å². The summed E-state index contributed by atoms with van der Waals surface area (Å²) in [6.45, 7) is 2.05. The Balaban J connectivity index is 2.28. The molecule has 0 radical (unpaired) electrons. The number of benzene rings is 1. The summed E-state index contributed by atoms with van der Waals surface area (Å²) in [6, 6.07) is 8.41. The summed E-state index contributed by atoms with van der Waals surface area (Å²) >= 11 is 0. The van der Waals surface area contributed by atoms with Crippen molar-refractivity contribution >= 4 is 5.91 Å². The lowest BCUT2D eigenvalue weighted by atomic mass is 9.75. The summed E-state index contributed by atoms with van der Waals surface area (Å²) in [5.74, 6) is 0.204. The highest BCUT2D eigenvalue weighted by atomic mass is 16.2. The van der Waals surface area contributed by atoms with E-state index in [1.165, 1.54) is 16.7 Å². The van der Waals surface area contributed by atoms with Crippen LogP contribution in [0.5, 0.6) is 0 Å². The minimum atomic E-state index is -0.0313. The highest BCUT2D eigenvalue weighted by molar-refractivity contribution is 5.91. The average Bonchev–Trinajstić information content (AvgIpc) is 2.24. The maximum atomic E-state index is 12.0. The molecule has 1 aliphatic carbocycles. The standard InChI is InChI=1S/C13H13NO/c1-8-7-11-9-5-3-4-6-10(9)12(8)13(15)14(11)2/h3-7,11-12H,1-2H3/t11-,12?/m1/s1. The van der Waals surface area contributed by atoms with Gasteiger partial charge in [0.25, 0.3) is 0 Å². The van der Waals surface area contributed by atoms with Gasteiger partial charge in [-0.25, -0.2) is 0 Å². The lowest BCUT2D eigenvalue weighted by Crippen LogP contribution is -2.43. The molecule has 0 saturated carbocycles. The van der Waals surface area contributed by atoms with Gasteiger partial charge in [-0.2, -0.15) is 0 Å². The van der Waals surface area contributed by atoms with Crippen molar-refractivity contribution in [2.24, 2.45) is 0 Å². The molecule has 2 nitrogen and oxygen atoms in total. The van der Waals surface area contributed by atoms with Crippen LogP contribution in [0.2, 0.25) is 0 Å². The van der Waals surface area contributed by atoms with Gasteiger partial charge in [0.05, 0.1) is 12.0 Å². The number of hydrogen-bond acceptors (Lipinski definition) is 1. The zero-order valence-electron chi connectivity index (χ0n) is 8.90. The highest BCUT2D eigenvalue weighted by Crippen LogP contribution is 2.45. The second kappa shape index (κ2) is 2.72. The second-order valence-electron chi connectivity index (χ2n) is 4.37. The first-order chi connectivity index (χ1) is 7.20. The fourth-order valence-electron chi connectivity index (χ4n) is 2.71. The molecule has 4 rings (SSSR count). The van der Waals surface area contributed by atoms with E-state index in [4.69, 9.17) is 0 Å². The largest absolute Gasteiger partial charge is 0.334 e. The normalized spacial score (nSPS) is 27.7. The molecule has 0 aromatic heterocycles. The molecule has 2 aliphatic heterocycles. The van der Waals surface area contributed by atoms with Gasteiger partial charge < -0.3 is 4.90 Å². The summed E-state index contributed by atoms with van der Waals surface area (Å²) in [5.41, 5.74) is 3.68. The van der Waals surface area contributed by atoms with Gasteiger partial charge in [0, 0.05) is 7.05 Å². The summed E-state index contributed by atoms with van der Waals surface area (Å²) in [7, 11) is 1.89. The number of amides is 1.